The van der Waals surface area contributed by atoms with Gasteiger partial charge in [-0.2, -0.15) is 0 Å². The number of rotatable bonds is 6. The van der Waals surface area contributed by atoms with Crippen LogP contribution in [0.5, 0.6) is 5.75 Å². The molecule has 1 heterocycles. The van der Waals surface area contributed by atoms with Gasteiger partial charge >= 0.3 is 5.97 Å². The number of furan rings is 1. The first-order valence-corrected chi connectivity index (χ1v) is 8.70. The Hall–Kier alpha value is -2.47. The van der Waals surface area contributed by atoms with Gasteiger partial charge in [-0.3, -0.25) is 0 Å². The molecule has 3 aromatic rings. The third kappa shape index (κ3) is 3.79. The number of fused-ring (bicyclic) bond motifs is 1. The molecule has 3 rings (SSSR count). The van der Waals surface area contributed by atoms with Crippen LogP contribution in [0.3, 0.4) is 0 Å². The van der Waals surface area contributed by atoms with Crippen LogP contribution in [0.15, 0.2) is 51.8 Å². The predicted molar refractivity (Wildman–Crippen MR) is 94.9 cm³/mol. The van der Waals surface area contributed by atoms with E-state index in [9.17, 15) is 9.18 Å². The highest BCUT2D eigenvalue weighted by molar-refractivity contribution is 7.99. The second-order valence-electron chi connectivity index (χ2n) is 5.33. The third-order valence-corrected chi connectivity index (χ3v) is 4.75. The third-order valence-electron chi connectivity index (χ3n) is 3.74. The molecule has 0 spiro atoms. The molecular formula is C19H17FO4S. The van der Waals surface area contributed by atoms with Gasteiger partial charge in [0.2, 0.25) is 5.76 Å². The fraction of sp³-hybridized carbons (Fsp3) is 0.211. The number of carbonyl (C=O) groups excluding carboxylic acids is 1. The van der Waals surface area contributed by atoms with Crippen LogP contribution >= 0.6 is 11.8 Å². The van der Waals surface area contributed by atoms with E-state index in [1.807, 2.05) is 6.07 Å². The molecule has 0 saturated carbocycles. The van der Waals surface area contributed by atoms with E-state index in [1.165, 1.54) is 17.8 Å². The molecule has 0 radical (unpaired) electrons. The quantitative estimate of drug-likeness (QED) is 0.358. The monoisotopic (exact) mass is 360 g/mol. The lowest BCUT2D eigenvalue weighted by molar-refractivity contribution is 0.0495. The molecule has 0 atom stereocenters. The predicted octanol–water partition coefficient (Wildman–Crippen LogP) is 4.84. The smallest absolute Gasteiger partial charge is 0.374 e. The summed E-state index contributed by atoms with van der Waals surface area (Å²) in [5.74, 6) is 0.527. The Morgan fingerprint density at radius 2 is 2.04 bits per heavy atom. The summed E-state index contributed by atoms with van der Waals surface area (Å²) in [6.45, 7) is 1.97. The highest BCUT2D eigenvalue weighted by Crippen LogP contribution is 2.29. The van der Waals surface area contributed by atoms with Crippen molar-refractivity contribution in [3.05, 3.63) is 59.6 Å². The number of thioether (sulfide) groups is 1. The Balaban J connectivity index is 1.62. The highest BCUT2D eigenvalue weighted by Gasteiger charge is 2.19. The molecule has 25 heavy (non-hydrogen) atoms. The summed E-state index contributed by atoms with van der Waals surface area (Å²) >= 11 is 1.30. The summed E-state index contributed by atoms with van der Waals surface area (Å²) in [6, 6.07) is 11.8. The molecule has 0 aliphatic heterocycles. The first kappa shape index (κ1) is 17.4. The normalized spacial score (nSPS) is 10.8. The van der Waals surface area contributed by atoms with Crippen molar-refractivity contribution in [3.8, 4) is 5.75 Å². The molecule has 1 aromatic heterocycles. The highest BCUT2D eigenvalue weighted by atomic mass is 32.2. The minimum atomic E-state index is -0.526. The second-order valence-corrected chi connectivity index (χ2v) is 6.47. The van der Waals surface area contributed by atoms with Crippen LogP contribution in [-0.2, 0) is 4.74 Å². The van der Waals surface area contributed by atoms with Crippen LogP contribution in [0.2, 0.25) is 0 Å². The fourth-order valence-corrected chi connectivity index (χ4v) is 3.20. The molecule has 2 aromatic carbocycles. The van der Waals surface area contributed by atoms with E-state index in [2.05, 4.69) is 0 Å². The molecule has 0 fully saturated rings. The summed E-state index contributed by atoms with van der Waals surface area (Å²) in [5.41, 5.74) is 1.31. The first-order chi connectivity index (χ1) is 12.1. The fourth-order valence-electron chi connectivity index (χ4n) is 2.44. The minimum absolute atomic E-state index is 0.164. The van der Waals surface area contributed by atoms with Crippen LogP contribution in [0.4, 0.5) is 4.39 Å². The average molecular weight is 360 g/mol. The Morgan fingerprint density at radius 1 is 1.24 bits per heavy atom. The zero-order valence-electron chi connectivity index (χ0n) is 13.9. The van der Waals surface area contributed by atoms with Crippen molar-refractivity contribution in [1.82, 2.24) is 0 Å². The number of ether oxygens (including phenoxy) is 2. The Kier molecular flexibility index (Phi) is 5.28. The molecule has 0 aliphatic rings. The molecule has 4 nitrogen and oxygen atoms in total. The van der Waals surface area contributed by atoms with Gasteiger partial charge in [0.1, 0.15) is 23.8 Å². The summed E-state index contributed by atoms with van der Waals surface area (Å²) in [6.07, 6.45) is 0. The van der Waals surface area contributed by atoms with Crippen LogP contribution in [0, 0.1) is 12.7 Å². The van der Waals surface area contributed by atoms with Gasteiger partial charge in [0.15, 0.2) is 0 Å². The summed E-state index contributed by atoms with van der Waals surface area (Å²) in [7, 11) is 1.58. The average Bonchev–Trinajstić information content (AvgIpc) is 2.96. The van der Waals surface area contributed by atoms with Gasteiger partial charge < -0.3 is 13.9 Å². The number of carbonyl (C=O) groups is 1. The molecule has 6 heteroatoms. The van der Waals surface area contributed by atoms with Gasteiger partial charge in [-0.25, -0.2) is 9.18 Å². The van der Waals surface area contributed by atoms with Crippen LogP contribution in [0.25, 0.3) is 11.0 Å². The summed E-state index contributed by atoms with van der Waals surface area (Å²) in [5, 5.41) is 0.812. The zero-order chi connectivity index (χ0) is 17.8. The first-order valence-electron chi connectivity index (χ1n) is 7.71. The number of methoxy groups -OCH3 is 1. The molecule has 0 bridgehead atoms. The van der Waals surface area contributed by atoms with Crippen LogP contribution < -0.4 is 4.74 Å². The number of hydrogen-bond donors (Lipinski definition) is 0. The van der Waals surface area contributed by atoms with Crippen molar-refractivity contribution in [3.63, 3.8) is 0 Å². The minimum Gasteiger partial charge on any atom is -0.497 e. The van der Waals surface area contributed by atoms with Gasteiger partial charge in [0.05, 0.1) is 7.11 Å². The Labute approximate surface area is 148 Å². The molecule has 0 amide bonds. The lowest BCUT2D eigenvalue weighted by Crippen LogP contribution is -2.08. The van der Waals surface area contributed by atoms with E-state index < -0.39 is 5.97 Å². The van der Waals surface area contributed by atoms with E-state index in [4.69, 9.17) is 13.9 Å². The lowest BCUT2D eigenvalue weighted by atomic mass is 10.1. The standard InChI is InChI=1S/C19H17FO4S/c1-12-14-11-13(22-2)7-8-16(14)24-18(12)19(21)23-9-10-25-17-6-4-3-5-15(17)20/h3-8,11H,9-10H2,1-2H3. The van der Waals surface area contributed by atoms with Crippen molar-refractivity contribution in [2.45, 2.75) is 11.8 Å². The molecule has 0 unspecified atom stereocenters. The number of esters is 1. The molecule has 0 saturated heterocycles. The van der Waals surface area contributed by atoms with Gasteiger partial charge in [-0.05, 0) is 37.3 Å². The molecule has 0 aliphatic carbocycles. The van der Waals surface area contributed by atoms with Gasteiger partial charge in [-0.1, -0.05) is 12.1 Å². The van der Waals surface area contributed by atoms with E-state index >= 15 is 0 Å². The van der Waals surface area contributed by atoms with E-state index in [1.54, 1.807) is 44.4 Å². The molecule has 0 N–H and O–H groups in total. The van der Waals surface area contributed by atoms with E-state index in [0.29, 0.717) is 27.5 Å². The van der Waals surface area contributed by atoms with Crippen LogP contribution in [0.1, 0.15) is 16.1 Å². The van der Waals surface area contributed by atoms with Gasteiger partial charge in [0.25, 0.3) is 0 Å². The van der Waals surface area contributed by atoms with Crippen molar-refractivity contribution < 1.29 is 23.1 Å². The van der Waals surface area contributed by atoms with Crippen molar-refractivity contribution in [2.75, 3.05) is 19.5 Å². The summed E-state index contributed by atoms with van der Waals surface area (Å²) in [4.78, 5) is 12.8. The molecular weight excluding hydrogens is 343 g/mol. The van der Waals surface area contributed by atoms with Crippen molar-refractivity contribution in [1.29, 1.82) is 0 Å². The number of hydrogen-bond acceptors (Lipinski definition) is 5. The number of halogens is 1. The van der Waals surface area contributed by atoms with Gasteiger partial charge in [0, 0.05) is 21.6 Å². The summed E-state index contributed by atoms with van der Waals surface area (Å²) < 4.78 is 29.6. The molecule has 130 valence electrons. The van der Waals surface area contributed by atoms with E-state index in [-0.39, 0.29) is 18.2 Å². The van der Waals surface area contributed by atoms with E-state index in [0.717, 1.165) is 5.39 Å². The van der Waals surface area contributed by atoms with Crippen LogP contribution in [-0.4, -0.2) is 25.4 Å². The van der Waals surface area contributed by atoms with Crippen molar-refractivity contribution >= 4 is 28.7 Å². The largest absolute Gasteiger partial charge is 0.497 e. The number of aryl methyl sites for hydroxylation is 1. The maximum absolute atomic E-state index is 13.5. The SMILES string of the molecule is COc1ccc2oc(C(=O)OCCSc3ccccc3F)c(C)c2c1. The Bertz CT molecular complexity index is 904. The Morgan fingerprint density at radius 3 is 2.80 bits per heavy atom. The number of benzene rings is 2. The topological polar surface area (TPSA) is 48.7 Å². The zero-order valence-corrected chi connectivity index (χ0v) is 14.7. The van der Waals surface area contributed by atoms with Gasteiger partial charge in [-0.15, -0.1) is 11.8 Å². The maximum atomic E-state index is 13.5. The lowest BCUT2D eigenvalue weighted by Gasteiger charge is -2.04. The van der Waals surface area contributed by atoms with Crippen molar-refractivity contribution in [2.24, 2.45) is 0 Å². The maximum Gasteiger partial charge on any atom is 0.374 e. The second kappa shape index (κ2) is 7.61.